The first-order valence-corrected chi connectivity index (χ1v) is 8.93. The first-order valence-electron chi connectivity index (χ1n) is 6.73. The van der Waals surface area contributed by atoms with Crippen LogP contribution in [0, 0.1) is 0 Å². The molecule has 1 aromatic rings. The van der Waals surface area contributed by atoms with Crippen molar-refractivity contribution in [2.24, 2.45) is 5.73 Å². The summed E-state index contributed by atoms with van der Waals surface area (Å²) in [4.78, 5) is 13.4. The molecule has 1 heterocycles. The number of sulfonamides is 1. The van der Waals surface area contributed by atoms with E-state index in [2.05, 4.69) is 0 Å². The standard InChI is InChI=1S/C13H17Cl2N3O3S.ClH/c1-9(16)13(19)17-5-7-18(8-6-17)22(20,21)11-4-2-3-10(14)12(11)15;/h2-4,9H,5-8,16H2,1H3;1H/t9-;/m1./s1. The minimum Gasteiger partial charge on any atom is -0.339 e. The Hall–Kier alpha value is -0.570. The number of nitrogens with zero attached hydrogens (tertiary/aromatic N) is 2. The number of hydrogen-bond acceptors (Lipinski definition) is 4. The topological polar surface area (TPSA) is 83.7 Å². The summed E-state index contributed by atoms with van der Waals surface area (Å²) < 4.78 is 26.6. The molecule has 0 saturated carbocycles. The van der Waals surface area contributed by atoms with Crippen molar-refractivity contribution >= 4 is 51.5 Å². The van der Waals surface area contributed by atoms with E-state index in [1.807, 2.05) is 0 Å². The number of benzene rings is 1. The Morgan fingerprint density at radius 1 is 1.22 bits per heavy atom. The second kappa shape index (κ2) is 8.00. The molecular weight excluding hydrogens is 385 g/mol. The van der Waals surface area contributed by atoms with E-state index >= 15 is 0 Å². The lowest BCUT2D eigenvalue weighted by molar-refractivity contribution is -0.133. The van der Waals surface area contributed by atoms with E-state index in [9.17, 15) is 13.2 Å². The van der Waals surface area contributed by atoms with Gasteiger partial charge in [0.2, 0.25) is 15.9 Å². The molecule has 0 radical (unpaired) electrons. The first kappa shape index (κ1) is 20.5. The number of rotatable bonds is 3. The number of hydrogen-bond donors (Lipinski definition) is 1. The Bertz CT molecular complexity index is 674. The molecule has 0 spiro atoms. The molecule has 1 amide bonds. The van der Waals surface area contributed by atoms with Gasteiger partial charge in [-0.2, -0.15) is 4.31 Å². The molecule has 1 aliphatic rings. The van der Waals surface area contributed by atoms with Crippen LogP contribution >= 0.6 is 35.6 Å². The van der Waals surface area contributed by atoms with Crippen LogP contribution in [0.2, 0.25) is 10.0 Å². The van der Waals surface area contributed by atoms with Gasteiger partial charge in [0.25, 0.3) is 0 Å². The minimum absolute atomic E-state index is 0. The molecule has 0 aromatic heterocycles. The van der Waals surface area contributed by atoms with Gasteiger partial charge in [0.05, 0.1) is 16.1 Å². The fraction of sp³-hybridized carbons (Fsp3) is 0.462. The van der Waals surface area contributed by atoms with E-state index < -0.39 is 16.1 Å². The average Bonchev–Trinajstić information content (AvgIpc) is 2.49. The third-order valence-corrected chi connectivity index (χ3v) is 6.35. The maximum absolute atomic E-state index is 12.6. The van der Waals surface area contributed by atoms with Gasteiger partial charge in [-0.15, -0.1) is 12.4 Å². The lowest BCUT2D eigenvalue weighted by atomic mass is 10.2. The molecule has 0 aliphatic carbocycles. The van der Waals surface area contributed by atoms with Crippen molar-refractivity contribution in [3.8, 4) is 0 Å². The van der Waals surface area contributed by atoms with Crippen LogP contribution in [0.1, 0.15) is 6.92 Å². The summed E-state index contributed by atoms with van der Waals surface area (Å²) in [6.45, 7) is 2.61. The first-order chi connectivity index (χ1) is 10.2. The zero-order chi connectivity index (χ0) is 16.5. The van der Waals surface area contributed by atoms with E-state index in [1.54, 1.807) is 11.8 Å². The molecule has 130 valence electrons. The Balaban J connectivity index is 0.00000264. The Labute approximate surface area is 152 Å². The quantitative estimate of drug-likeness (QED) is 0.832. The van der Waals surface area contributed by atoms with E-state index in [0.29, 0.717) is 13.1 Å². The maximum Gasteiger partial charge on any atom is 0.244 e. The number of carbonyl (C=O) groups excluding carboxylic acids is 1. The van der Waals surface area contributed by atoms with Crippen molar-refractivity contribution in [3.63, 3.8) is 0 Å². The number of amides is 1. The van der Waals surface area contributed by atoms with Crippen molar-refractivity contribution in [2.45, 2.75) is 17.9 Å². The van der Waals surface area contributed by atoms with Crippen LogP contribution in [0.15, 0.2) is 23.1 Å². The molecular formula is C13H18Cl3N3O3S. The molecule has 0 bridgehead atoms. The van der Waals surface area contributed by atoms with Gasteiger partial charge in [0.1, 0.15) is 4.90 Å². The second-order valence-corrected chi connectivity index (χ2v) is 7.76. The van der Waals surface area contributed by atoms with Crippen LogP contribution in [0.3, 0.4) is 0 Å². The van der Waals surface area contributed by atoms with Crippen molar-refractivity contribution < 1.29 is 13.2 Å². The molecule has 1 fully saturated rings. The number of nitrogens with two attached hydrogens (primary N) is 1. The second-order valence-electron chi connectivity index (χ2n) is 5.07. The summed E-state index contributed by atoms with van der Waals surface area (Å²) in [5.74, 6) is -0.183. The molecule has 2 N–H and O–H groups in total. The molecule has 1 aromatic carbocycles. The van der Waals surface area contributed by atoms with Crippen LogP contribution in [-0.2, 0) is 14.8 Å². The zero-order valence-electron chi connectivity index (χ0n) is 12.4. The molecule has 23 heavy (non-hydrogen) atoms. The molecule has 6 nitrogen and oxygen atoms in total. The highest BCUT2D eigenvalue weighted by molar-refractivity contribution is 7.89. The molecule has 2 rings (SSSR count). The number of carbonyl (C=O) groups is 1. The van der Waals surface area contributed by atoms with Crippen LogP contribution in [0.25, 0.3) is 0 Å². The fourth-order valence-electron chi connectivity index (χ4n) is 2.26. The molecule has 1 aliphatic heterocycles. The summed E-state index contributed by atoms with van der Waals surface area (Å²) in [6.07, 6.45) is 0. The Morgan fingerprint density at radius 3 is 2.30 bits per heavy atom. The highest BCUT2D eigenvalue weighted by Gasteiger charge is 2.32. The molecule has 0 unspecified atom stereocenters. The van der Waals surface area contributed by atoms with E-state index in [4.69, 9.17) is 28.9 Å². The summed E-state index contributed by atoms with van der Waals surface area (Å²) in [5, 5.41) is 0.201. The third kappa shape index (κ3) is 4.29. The van der Waals surface area contributed by atoms with Crippen molar-refractivity contribution in [2.75, 3.05) is 26.2 Å². The summed E-state index contributed by atoms with van der Waals surface area (Å²) in [6, 6.07) is 3.90. The third-order valence-electron chi connectivity index (χ3n) is 3.47. The predicted molar refractivity (Wildman–Crippen MR) is 92.7 cm³/mol. The Kier molecular flexibility index (Phi) is 7.12. The predicted octanol–water partition coefficient (Wildman–Crippen LogP) is 1.60. The minimum atomic E-state index is -3.74. The van der Waals surface area contributed by atoms with Gasteiger partial charge in [-0.25, -0.2) is 8.42 Å². The van der Waals surface area contributed by atoms with Gasteiger partial charge >= 0.3 is 0 Å². The van der Waals surface area contributed by atoms with Crippen LogP contribution < -0.4 is 5.73 Å². The monoisotopic (exact) mass is 401 g/mol. The van der Waals surface area contributed by atoms with E-state index in [0.717, 1.165) is 0 Å². The largest absolute Gasteiger partial charge is 0.339 e. The summed E-state index contributed by atoms with van der Waals surface area (Å²) >= 11 is 11.9. The van der Waals surface area contributed by atoms with Crippen molar-refractivity contribution in [3.05, 3.63) is 28.2 Å². The number of halogens is 3. The molecule has 1 atom stereocenters. The van der Waals surface area contributed by atoms with Crippen LogP contribution in [-0.4, -0.2) is 55.8 Å². The van der Waals surface area contributed by atoms with Gasteiger partial charge < -0.3 is 10.6 Å². The smallest absolute Gasteiger partial charge is 0.244 e. The average molecular weight is 403 g/mol. The summed E-state index contributed by atoms with van der Waals surface area (Å²) in [5.41, 5.74) is 5.56. The zero-order valence-corrected chi connectivity index (χ0v) is 15.6. The van der Waals surface area contributed by atoms with Crippen molar-refractivity contribution in [1.29, 1.82) is 0 Å². The van der Waals surface area contributed by atoms with Crippen LogP contribution in [0.4, 0.5) is 0 Å². The fourth-order valence-corrected chi connectivity index (χ4v) is 4.42. The normalized spacial score (nSPS) is 17.5. The highest BCUT2D eigenvalue weighted by Crippen LogP contribution is 2.31. The van der Waals surface area contributed by atoms with Gasteiger partial charge in [0.15, 0.2) is 0 Å². The molecule has 1 saturated heterocycles. The van der Waals surface area contributed by atoms with Crippen LogP contribution in [0.5, 0.6) is 0 Å². The number of piperazine rings is 1. The highest BCUT2D eigenvalue weighted by atomic mass is 35.5. The van der Waals surface area contributed by atoms with Gasteiger partial charge in [-0.3, -0.25) is 4.79 Å². The SMILES string of the molecule is C[C@@H](N)C(=O)N1CCN(S(=O)(=O)c2cccc(Cl)c2Cl)CC1.Cl. The van der Waals surface area contributed by atoms with Crippen molar-refractivity contribution in [1.82, 2.24) is 9.21 Å². The summed E-state index contributed by atoms with van der Waals surface area (Å²) in [7, 11) is -3.74. The molecule has 10 heteroatoms. The lowest BCUT2D eigenvalue weighted by Crippen LogP contribution is -2.53. The van der Waals surface area contributed by atoms with E-state index in [-0.39, 0.29) is 46.3 Å². The van der Waals surface area contributed by atoms with Gasteiger partial charge in [-0.05, 0) is 19.1 Å². The van der Waals surface area contributed by atoms with Gasteiger partial charge in [-0.1, -0.05) is 29.3 Å². The van der Waals surface area contributed by atoms with Gasteiger partial charge in [0, 0.05) is 26.2 Å². The Morgan fingerprint density at radius 2 is 1.78 bits per heavy atom. The lowest BCUT2D eigenvalue weighted by Gasteiger charge is -2.34. The maximum atomic E-state index is 12.6. The van der Waals surface area contributed by atoms with E-state index in [1.165, 1.54) is 22.5 Å².